The van der Waals surface area contributed by atoms with Crippen LogP contribution in [0.1, 0.15) is 67.5 Å². The lowest BCUT2D eigenvalue weighted by molar-refractivity contribution is 0.0597. The standard InChI is InChI=1S/C26H38N6O3.2ClH/c1-16-8-13-20-19(14-16)24(31-22-7-5-4-6-21(22)29-23(27)15-34-2)32-25(30-20)26(33)28-17-9-11-18(35-3)12-10-17;;/h8,13-14,17-18,21-22H,4-7,9-12,15H2,1-3H3,(H2,27,29)(H,28,33)(H,30,31,32);2*1H/t17-,18-,21-,22+;;/m1../s1. The summed E-state index contributed by atoms with van der Waals surface area (Å²) in [7, 11) is 3.34. The van der Waals surface area contributed by atoms with E-state index in [-0.39, 0.29) is 67.4 Å². The number of ether oxygens (including phenoxy) is 2. The first-order valence-electron chi connectivity index (χ1n) is 12.7. The van der Waals surface area contributed by atoms with Crippen LogP contribution in [0, 0.1) is 12.3 Å². The van der Waals surface area contributed by atoms with Gasteiger partial charge in [-0.05, 0) is 57.6 Å². The topological polar surface area (TPSA) is 121 Å². The van der Waals surface area contributed by atoms with Gasteiger partial charge in [-0.15, -0.1) is 24.8 Å². The Labute approximate surface area is 231 Å². The molecular formula is C26H40Cl2N6O3. The summed E-state index contributed by atoms with van der Waals surface area (Å²) in [5, 5.41) is 19.1. The Hall–Kier alpha value is -2.20. The molecule has 4 N–H and O–H groups in total. The van der Waals surface area contributed by atoms with Crippen molar-refractivity contribution < 1.29 is 14.3 Å². The number of halogens is 2. The molecule has 0 spiro atoms. The average molecular weight is 556 g/mol. The molecule has 2 atom stereocenters. The number of nitrogens with zero attached hydrogens (tertiary/aromatic N) is 2. The summed E-state index contributed by atoms with van der Waals surface area (Å²) < 4.78 is 10.6. The fraction of sp³-hybridized carbons (Fsp3) is 0.615. The maximum Gasteiger partial charge on any atom is 0.289 e. The minimum atomic E-state index is -0.239. The van der Waals surface area contributed by atoms with E-state index in [1.165, 1.54) is 0 Å². The van der Waals surface area contributed by atoms with Crippen molar-refractivity contribution in [2.75, 3.05) is 26.1 Å². The van der Waals surface area contributed by atoms with E-state index in [0.29, 0.717) is 11.7 Å². The van der Waals surface area contributed by atoms with Gasteiger partial charge >= 0.3 is 0 Å². The molecule has 37 heavy (non-hydrogen) atoms. The van der Waals surface area contributed by atoms with Gasteiger partial charge in [0.05, 0.1) is 11.6 Å². The molecule has 2 fully saturated rings. The van der Waals surface area contributed by atoms with Crippen LogP contribution in [0.3, 0.4) is 0 Å². The van der Waals surface area contributed by atoms with Crippen LogP contribution in [0.15, 0.2) is 18.2 Å². The average Bonchev–Trinajstić information content (AvgIpc) is 2.86. The number of aryl methyl sites for hydroxylation is 1. The molecule has 1 aromatic carbocycles. The fourth-order valence-corrected chi connectivity index (χ4v) is 5.21. The molecule has 206 valence electrons. The molecule has 11 heteroatoms. The number of hydrogen-bond acceptors (Lipinski definition) is 7. The minimum absolute atomic E-state index is 0. The second-order valence-corrected chi connectivity index (χ2v) is 9.80. The molecule has 2 aliphatic carbocycles. The van der Waals surface area contributed by atoms with E-state index >= 15 is 0 Å². The summed E-state index contributed by atoms with van der Waals surface area (Å²) in [4.78, 5) is 22.5. The highest BCUT2D eigenvalue weighted by molar-refractivity contribution is 5.97. The Morgan fingerprint density at radius 1 is 1.00 bits per heavy atom. The van der Waals surface area contributed by atoms with Crippen molar-refractivity contribution in [3.05, 3.63) is 29.6 Å². The van der Waals surface area contributed by atoms with Crippen LogP contribution in [-0.2, 0) is 9.47 Å². The van der Waals surface area contributed by atoms with E-state index in [9.17, 15) is 4.79 Å². The number of aromatic nitrogens is 2. The number of carbonyl (C=O) groups is 1. The van der Waals surface area contributed by atoms with Crippen molar-refractivity contribution >= 4 is 53.3 Å². The van der Waals surface area contributed by atoms with E-state index in [1.807, 2.05) is 19.1 Å². The lowest BCUT2D eigenvalue weighted by Crippen LogP contribution is -2.49. The molecule has 0 radical (unpaired) electrons. The molecule has 2 aromatic rings. The van der Waals surface area contributed by atoms with Crippen molar-refractivity contribution in [2.45, 2.75) is 82.5 Å². The van der Waals surface area contributed by atoms with Crippen molar-refractivity contribution in [1.82, 2.24) is 20.6 Å². The van der Waals surface area contributed by atoms with E-state index in [2.05, 4.69) is 27.0 Å². The minimum Gasteiger partial charge on any atom is -0.381 e. The second kappa shape index (κ2) is 14.7. The highest BCUT2D eigenvalue weighted by Crippen LogP contribution is 2.27. The second-order valence-electron chi connectivity index (χ2n) is 9.80. The van der Waals surface area contributed by atoms with Gasteiger partial charge in [0.1, 0.15) is 18.3 Å². The number of nitrogens with one attached hydrogen (secondary N) is 4. The SMILES string of the molecule is COCC(=N)N[C@@H]1CCCC[C@@H]1Nc1nc(C(=O)N[C@H]2CC[C@H](OC)CC2)nc2ccc(C)cc12.Cl.Cl. The molecule has 2 aliphatic rings. The van der Waals surface area contributed by atoms with E-state index in [0.717, 1.165) is 67.8 Å². The molecule has 1 amide bonds. The molecule has 2 saturated carbocycles. The molecule has 9 nitrogen and oxygen atoms in total. The predicted molar refractivity (Wildman–Crippen MR) is 152 cm³/mol. The lowest BCUT2D eigenvalue weighted by Gasteiger charge is -2.34. The first kappa shape index (κ1) is 31.0. The largest absolute Gasteiger partial charge is 0.381 e. The van der Waals surface area contributed by atoms with Gasteiger partial charge in [-0.25, -0.2) is 9.97 Å². The summed E-state index contributed by atoms with van der Waals surface area (Å²) in [6.45, 7) is 2.30. The van der Waals surface area contributed by atoms with Crippen LogP contribution in [0.2, 0.25) is 0 Å². The van der Waals surface area contributed by atoms with Crippen molar-refractivity contribution in [3.63, 3.8) is 0 Å². The number of amidine groups is 1. The first-order chi connectivity index (χ1) is 17.0. The highest BCUT2D eigenvalue weighted by Gasteiger charge is 2.28. The van der Waals surface area contributed by atoms with Gasteiger partial charge in [-0.3, -0.25) is 10.2 Å². The maximum absolute atomic E-state index is 13.2. The van der Waals surface area contributed by atoms with Gasteiger partial charge in [0.2, 0.25) is 5.82 Å². The smallest absolute Gasteiger partial charge is 0.289 e. The summed E-state index contributed by atoms with van der Waals surface area (Å²) in [6.07, 6.45) is 8.09. The number of hydrogen-bond donors (Lipinski definition) is 4. The van der Waals surface area contributed by atoms with E-state index in [1.54, 1.807) is 14.2 Å². The van der Waals surface area contributed by atoms with Crippen molar-refractivity contribution in [1.29, 1.82) is 5.41 Å². The number of anilines is 1. The number of fused-ring (bicyclic) bond motifs is 1. The molecular weight excluding hydrogens is 515 g/mol. The number of methoxy groups -OCH3 is 2. The van der Waals surface area contributed by atoms with Crippen molar-refractivity contribution in [2.24, 2.45) is 0 Å². The maximum atomic E-state index is 13.2. The van der Waals surface area contributed by atoms with E-state index in [4.69, 9.17) is 19.9 Å². The zero-order valence-corrected chi connectivity index (χ0v) is 23.5. The van der Waals surface area contributed by atoms with Crippen molar-refractivity contribution in [3.8, 4) is 0 Å². The number of amides is 1. The Balaban J connectivity index is 0.00000241. The Bertz CT molecular complexity index is 1050. The van der Waals surface area contributed by atoms with Gasteiger partial charge in [0.25, 0.3) is 5.91 Å². The fourth-order valence-electron chi connectivity index (χ4n) is 5.21. The third-order valence-electron chi connectivity index (χ3n) is 7.13. The predicted octanol–water partition coefficient (Wildman–Crippen LogP) is 4.41. The van der Waals surface area contributed by atoms with Crippen LogP contribution in [0.4, 0.5) is 5.82 Å². The Kier molecular flexibility index (Phi) is 12.3. The van der Waals surface area contributed by atoms with Crippen LogP contribution < -0.4 is 16.0 Å². The van der Waals surface area contributed by atoms with Gasteiger partial charge < -0.3 is 25.4 Å². The molecule has 4 rings (SSSR count). The first-order valence-corrected chi connectivity index (χ1v) is 12.7. The molecule has 0 saturated heterocycles. The molecule has 1 heterocycles. The van der Waals surface area contributed by atoms with Crippen LogP contribution in [0.5, 0.6) is 0 Å². The van der Waals surface area contributed by atoms with Crippen LogP contribution in [-0.4, -0.2) is 66.8 Å². The third kappa shape index (κ3) is 8.14. The Morgan fingerprint density at radius 3 is 2.38 bits per heavy atom. The third-order valence-corrected chi connectivity index (χ3v) is 7.13. The summed E-state index contributed by atoms with van der Waals surface area (Å²) in [5.74, 6) is 0.989. The zero-order valence-electron chi connectivity index (χ0n) is 21.8. The van der Waals surface area contributed by atoms with Gasteiger partial charge in [0, 0.05) is 37.7 Å². The molecule has 0 bridgehead atoms. The summed E-state index contributed by atoms with van der Waals surface area (Å²) in [6, 6.07) is 6.30. The van der Waals surface area contributed by atoms with E-state index < -0.39 is 0 Å². The van der Waals surface area contributed by atoms with Gasteiger partial charge in [-0.2, -0.15) is 0 Å². The quantitative estimate of drug-likeness (QED) is 0.281. The van der Waals surface area contributed by atoms with Crippen LogP contribution in [0.25, 0.3) is 10.9 Å². The number of rotatable bonds is 8. The monoisotopic (exact) mass is 554 g/mol. The molecule has 0 unspecified atom stereocenters. The normalized spacial score (nSPS) is 23.3. The lowest BCUT2D eigenvalue weighted by atomic mass is 9.90. The highest BCUT2D eigenvalue weighted by atomic mass is 35.5. The number of benzene rings is 1. The zero-order chi connectivity index (χ0) is 24.8. The Morgan fingerprint density at radius 2 is 1.70 bits per heavy atom. The number of carbonyl (C=O) groups excluding carboxylic acids is 1. The molecule has 1 aromatic heterocycles. The van der Waals surface area contributed by atoms with Crippen LogP contribution >= 0.6 is 24.8 Å². The summed E-state index contributed by atoms with van der Waals surface area (Å²) in [5.41, 5.74) is 1.85. The molecule has 0 aliphatic heterocycles. The van der Waals surface area contributed by atoms with Gasteiger partial charge in [0.15, 0.2) is 0 Å². The summed E-state index contributed by atoms with van der Waals surface area (Å²) >= 11 is 0. The van der Waals surface area contributed by atoms with Gasteiger partial charge in [-0.1, -0.05) is 24.5 Å².